The van der Waals surface area contributed by atoms with E-state index < -0.39 is 5.97 Å². The van der Waals surface area contributed by atoms with Gasteiger partial charge in [0.1, 0.15) is 0 Å². The maximum atomic E-state index is 10.6. The van der Waals surface area contributed by atoms with Gasteiger partial charge in [0, 0.05) is 5.56 Å². The quantitative estimate of drug-likeness (QED) is 0.681. The Morgan fingerprint density at radius 1 is 1.08 bits per heavy atom. The molecule has 1 N–H and O–H groups in total. The van der Waals surface area contributed by atoms with Crippen LogP contribution in [0.15, 0.2) is 24.3 Å². The predicted octanol–water partition coefficient (Wildman–Crippen LogP) is 1.45. The SMILES string of the molecule is O=C(O)c1ccc(C(=O)S)cc1. The molecular formula is C8H6O3S. The largest absolute Gasteiger partial charge is 0.478 e. The third-order valence-corrected chi connectivity index (χ3v) is 1.64. The molecule has 1 aromatic carbocycles. The number of aromatic carboxylic acids is 1. The molecular weight excluding hydrogens is 176 g/mol. The number of carbonyl (C=O) groups is 2. The molecule has 0 bridgehead atoms. The molecule has 0 spiro atoms. The Balaban J connectivity index is 3.01. The average Bonchev–Trinajstić information content (AvgIpc) is 2.04. The first-order chi connectivity index (χ1) is 5.61. The number of benzene rings is 1. The van der Waals surface area contributed by atoms with Crippen LogP contribution in [0.5, 0.6) is 0 Å². The van der Waals surface area contributed by atoms with Crippen LogP contribution in [0.3, 0.4) is 0 Å². The summed E-state index contributed by atoms with van der Waals surface area (Å²) in [5.41, 5.74) is 0.552. The zero-order chi connectivity index (χ0) is 9.14. The van der Waals surface area contributed by atoms with Gasteiger partial charge in [0.25, 0.3) is 0 Å². The van der Waals surface area contributed by atoms with Gasteiger partial charge in [0.2, 0.25) is 5.12 Å². The maximum Gasteiger partial charge on any atom is 0.335 e. The van der Waals surface area contributed by atoms with E-state index in [9.17, 15) is 9.59 Å². The summed E-state index contributed by atoms with van der Waals surface area (Å²) in [6, 6.07) is 5.59. The zero-order valence-electron chi connectivity index (χ0n) is 6.02. The first-order valence-corrected chi connectivity index (χ1v) is 3.62. The van der Waals surface area contributed by atoms with E-state index in [1.165, 1.54) is 24.3 Å². The van der Waals surface area contributed by atoms with Gasteiger partial charge in [-0.2, -0.15) is 0 Å². The highest BCUT2D eigenvalue weighted by Gasteiger charge is 2.03. The van der Waals surface area contributed by atoms with Crippen molar-refractivity contribution in [1.82, 2.24) is 0 Å². The molecule has 0 saturated carbocycles. The second-order valence-corrected chi connectivity index (χ2v) is 2.59. The highest BCUT2D eigenvalue weighted by Crippen LogP contribution is 2.06. The molecule has 0 saturated heterocycles. The number of carboxylic acid groups (broad SMARTS) is 1. The fraction of sp³-hybridized carbons (Fsp3) is 0. The van der Waals surface area contributed by atoms with Crippen molar-refractivity contribution >= 4 is 23.7 Å². The Morgan fingerprint density at radius 2 is 1.50 bits per heavy atom. The van der Waals surface area contributed by atoms with Crippen LogP contribution in [0.1, 0.15) is 20.7 Å². The van der Waals surface area contributed by atoms with Crippen LogP contribution >= 0.6 is 12.6 Å². The van der Waals surface area contributed by atoms with Crippen LogP contribution in [-0.4, -0.2) is 16.2 Å². The van der Waals surface area contributed by atoms with Crippen molar-refractivity contribution in [2.24, 2.45) is 0 Å². The summed E-state index contributed by atoms with van der Waals surface area (Å²) >= 11 is 3.59. The molecule has 0 aliphatic carbocycles. The lowest BCUT2D eigenvalue weighted by molar-refractivity contribution is 0.0696. The van der Waals surface area contributed by atoms with E-state index in [2.05, 4.69) is 12.6 Å². The van der Waals surface area contributed by atoms with E-state index in [-0.39, 0.29) is 10.7 Å². The van der Waals surface area contributed by atoms with Crippen molar-refractivity contribution in [3.63, 3.8) is 0 Å². The van der Waals surface area contributed by atoms with E-state index in [0.29, 0.717) is 5.56 Å². The molecule has 0 radical (unpaired) electrons. The van der Waals surface area contributed by atoms with Crippen LogP contribution in [0, 0.1) is 0 Å². The Bertz CT molecular complexity index is 283. The summed E-state index contributed by atoms with van der Waals surface area (Å²) in [7, 11) is 0. The Labute approximate surface area is 74.4 Å². The van der Waals surface area contributed by atoms with Gasteiger partial charge in [0.05, 0.1) is 5.56 Å². The van der Waals surface area contributed by atoms with Gasteiger partial charge >= 0.3 is 5.97 Å². The van der Waals surface area contributed by atoms with Crippen LogP contribution in [0.4, 0.5) is 0 Å². The van der Waals surface area contributed by atoms with E-state index in [0.717, 1.165) is 0 Å². The van der Waals surface area contributed by atoms with Gasteiger partial charge in [-0.15, -0.1) is 12.6 Å². The number of rotatable bonds is 2. The van der Waals surface area contributed by atoms with Crippen molar-refractivity contribution in [3.05, 3.63) is 35.4 Å². The van der Waals surface area contributed by atoms with Gasteiger partial charge < -0.3 is 5.11 Å². The summed E-state index contributed by atoms with van der Waals surface area (Å²) in [5, 5.41) is 8.14. The van der Waals surface area contributed by atoms with Gasteiger partial charge in [-0.05, 0) is 24.3 Å². The highest BCUT2D eigenvalue weighted by atomic mass is 32.1. The van der Waals surface area contributed by atoms with Crippen LogP contribution < -0.4 is 0 Å². The number of hydrogen-bond acceptors (Lipinski definition) is 2. The van der Waals surface area contributed by atoms with E-state index >= 15 is 0 Å². The number of carbonyl (C=O) groups excluding carboxylic acids is 1. The molecule has 0 unspecified atom stereocenters. The molecule has 12 heavy (non-hydrogen) atoms. The van der Waals surface area contributed by atoms with Gasteiger partial charge in [-0.1, -0.05) is 0 Å². The number of thiol groups is 1. The van der Waals surface area contributed by atoms with Crippen molar-refractivity contribution < 1.29 is 14.7 Å². The molecule has 1 aromatic rings. The maximum absolute atomic E-state index is 10.6. The summed E-state index contributed by atoms with van der Waals surface area (Å²) < 4.78 is 0. The summed E-state index contributed by atoms with van der Waals surface area (Å²) in [6.45, 7) is 0. The number of hydrogen-bond donors (Lipinski definition) is 2. The minimum atomic E-state index is -1.01. The van der Waals surface area contributed by atoms with Crippen molar-refractivity contribution in [3.8, 4) is 0 Å². The van der Waals surface area contributed by atoms with E-state index in [1.807, 2.05) is 0 Å². The molecule has 1 rings (SSSR count). The average molecular weight is 182 g/mol. The van der Waals surface area contributed by atoms with Crippen LogP contribution in [-0.2, 0) is 0 Å². The molecule has 0 aromatic heterocycles. The summed E-state index contributed by atoms with van der Waals surface area (Å²) in [5.74, 6) is -1.01. The molecule has 3 nitrogen and oxygen atoms in total. The smallest absolute Gasteiger partial charge is 0.335 e. The van der Waals surface area contributed by atoms with E-state index in [1.54, 1.807) is 0 Å². The molecule has 62 valence electrons. The second-order valence-electron chi connectivity index (χ2n) is 2.19. The minimum Gasteiger partial charge on any atom is -0.478 e. The lowest BCUT2D eigenvalue weighted by Crippen LogP contribution is -1.96. The lowest BCUT2D eigenvalue weighted by Gasteiger charge is -1.95. The molecule has 0 aliphatic rings. The fourth-order valence-corrected chi connectivity index (χ4v) is 0.904. The monoisotopic (exact) mass is 182 g/mol. The lowest BCUT2D eigenvalue weighted by atomic mass is 10.1. The topological polar surface area (TPSA) is 54.4 Å². The molecule has 0 heterocycles. The second kappa shape index (κ2) is 3.40. The fourth-order valence-electron chi connectivity index (χ4n) is 0.755. The molecule has 4 heteroatoms. The Kier molecular flexibility index (Phi) is 2.50. The third kappa shape index (κ3) is 1.85. The third-order valence-electron chi connectivity index (χ3n) is 1.38. The zero-order valence-corrected chi connectivity index (χ0v) is 6.91. The van der Waals surface area contributed by atoms with Gasteiger partial charge in [-0.25, -0.2) is 4.79 Å². The normalized spacial score (nSPS) is 9.42. The summed E-state index contributed by atoms with van der Waals surface area (Å²) in [4.78, 5) is 21.0. The molecule has 0 aliphatic heterocycles. The van der Waals surface area contributed by atoms with Gasteiger partial charge in [0.15, 0.2) is 0 Å². The Hall–Kier alpha value is -1.29. The van der Waals surface area contributed by atoms with E-state index in [4.69, 9.17) is 5.11 Å². The van der Waals surface area contributed by atoms with Crippen molar-refractivity contribution in [2.75, 3.05) is 0 Å². The molecule has 0 fully saturated rings. The van der Waals surface area contributed by atoms with Gasteiger partial charge in [-0.3, -0.25) is 4.79 Å². The standard InChI is InChI=1S/C8H6O3S/c9-7(10)5-1-3-6(4-2-5)8(11)12/h1-4H,(H,9,10)(H,11,12). The van der Waals surface area contributed by atoms with Crippen molar-refractivity contribution in [2.45, 2.75) is 0 Å². The first kappa shape index (κ1) is 8.80. The number of carboxylic acids is 1. The minimum absolute atomic E-state index is 0.160. The van der Waals surface area contributed by atoms with Crippen molar-refractivity contribution in [1.29, 1.82) is 0 Å². The molecule has 0 atom stereocenters. The predicted molar refractivity (Wildman–Crippen MR) is 46.7 cm³/mol. The highest BCUT2D eigenvalue weighted by molar-refractivity contribution is 7.97. The van der Waals surface area contributed by atoms with Crippen LogP contribution in [0.25, 0.3) is 0 Å². The Morgan fingerprint density at radius 3 is 1.83 bits per heavy atom. The van der Waals surface area contributed by atoms with Crippen LogP contribution in [0.2, 0.25) is 0 Å². The summed E-state index contributed by atoms with van der Waals surface area (Å²) in [6.07, 6.45) is 0. The molecule has 0 amide bonds. The first-order valence-electron chi connectivity index (χ1n) is 3.18.